The van der Waals surface area contributed by atoms with Crippen molar-refractivity contribution in [2.24, 2.45) is 0 Å². The van der Waals surface area contributed by atoms with Crippen LogP contribution < -0.4 is 4.68 Å². The Morgan fingerprint density at radius 2 is 1.85 bits per heavy atom. The molecule has 2 aromatic rings. The van der Waals surface area contributed by atoms with Crippen LogP contribution in [0, 0.1) is 0 Å². The Morgan fingerprint density at radius 1 is 1.05 bits per heavy atom. The number of hydrogen-bond donors (Lipinski definition) is 0. The molecule has 0 unspecified atom stereocenters. The van der Waals surface area contributed by atoms with Gasteiger partial charge in [0.25, 0.3) is 5.82 Å². The predicted octanol–water partition coefficient (Wildman–Crippen LogP) is 2.56. The third kappa shape index (κ3) is 3.89. The average Bonchev–Trinajstić information content (AvgIpc) is 2.87. The van der Waals surface area contributed by atoms with Gasteiger partial charge in [0.15, 0.2) is 5.21 Å². The van der Waals surface area contributed by atoms with E-state index in [1.54, 1.807) is 0 Å². The molecular formula is C16H25N4+. The first-order chi connectivity index (χ1) is 9.85. The van der Waals surface area contributed by atoms with Gasteiger partial charge in [-0.15, -0.1) is 4.68 Å². The van der Waals surface area contributed by atoms with Gasteiger partial charge in [0.2, 0.25) is 0 Å². The van der Waals surface area contributed by atoms with E-state index < -0.39 is 0 Å². The molecule has 0 saturated carbocycles. The van der Waals surface area contributed by atoms with Crippen molar-refractivity contribution in [3.8, 4) is 0 Å². The molecule has 1 aromatic carbocycles. The molecular weight excluding hydrogens is 248 g/mol. The highest BCUT2D eigenvalue weighted by atomic mass is 15.6. The lowest BCUT2D eigenvalue weighted by atomic mass is 10.1. The standard InChI is InChI=1S/C16H25N4/c1-3-5-13-19-16(9-4-2)20(18-17-19)14-12-15-10-7-6-8-11-15/h6-8,10-11H,3-5,9,12-14H2,1-2H3/q+1. The highest BCUT2D eigenvalue weighted by Gasteiger charge is 2.18. The van der Waals surface area contributed by atoms with Crippen molar-refractivity contribution in [2.45, 2.75) is 59.0 Å². The van der Waals surface area contributed by atoms with E-state index in [1.807, 2.05) is 0 Å². The minimum absolute atomic E-state index is 0.908. The first kappa shape index (κ1) is 14.7. The fourth-order valence-corrected chi connectivity index (χ4v) is 2.35. The second kappa shape index (κ2) is 7.78. The zero-order valence-corrected chi connectivity index (χ0v) is 12.6. The summed E-state index contributed by atoms with van der Waals surface area (Å²) >= 11 is 0. The van der Waals surface area contributed by atoms with Crippen molar-refractivity contribution in [3.63, 3.8) is 0 Å². The molecule has 0 fully saturated rings. The molecule has 0 radical (unpaired) electrons. The molecule has 0 aliphatic rings. The largest absolute Gasteiger partial charge is 0.257 e. The van der Waals surface area contributed by atoms with E-state index in [0.29, 0.717) is 0 Å². The van der Waals surface area contributed by atoms with E-state index in [1.165, 1.54) is 24.2 Å². The third-order valence-electron chi connectivity index (χ3n) is 3.50. The van der Waals surface area contributed by atoms with Gasteiger partial charge in [0.05, 0.1) is 6.54 Å². The summed E-state index contributed by atoms with van der Waals surface area (Å²) in [6.45, 7) is 6.31. The number of tetrazole rings is 1. The maximum absolute atomic E-state index is 4.33. The molecule has 0 aliphatic carbocycles. The van der Waals surface area contributed by atoms with Crippen molar-refractivity contribution in [2.75, 3.05) is 0 Å². The molecule has 0 bridgehead atoms. The van der Waals surface area contributed by atoms with Gasteiger partial charge >= 0.3 is 0 Å². The summed E-state index contributed by atoms with van der Waals surface area (Å²) in [5.41, 5.74) is 1.35. The number of aryl methyl sites for hydroxylation is 3. The summed E-state index contributed by atoms with van der Waals surface area (Å²) in [5.74, 6) is 1.26. The van der Waals surface area contributed by atoms with E-state index in [4.69, 9.17) is 0 Å². The minimum atomic E-state index is 0.908. The van der Waals surface area contributed by atoms with Gasteiger partial charge in [-0.1, -0.05) is 55.3 Å². The fraction of sp³-hybridized carbons (Fsp3) is 0.562. The van der Waals surface area contributed by atoms with Gasteiger partial charge in [-0.25, -0.2) is 0 Å². The second-order valence-corrected chi connectivity index (χ2v) is 5.18. The molecule has 4 nitrogen and oxygen atoms in total. The van der Waals surface area contributed by atoms with E-state index in [2.05, 4.69) is 64.0 Å². The first-order valence-corrected chi connectivity index (χ1v) is 7.71. The number of hydrogen-bond acceptors (Lipinski definition) is 2. The van der Waals surface area contributed by atoms with Crippen molar-refractivity contribution >= 4 is 0 Å². The molecule has 4 heteroatoms. The first-order valence-electron chi connectivity index (χ1n) is 7.71. The van der Waals surface area contributed by atoms with Crippen LogP contribution in [0.15, 0.2) is 30.3 Å². The van der Waals surface area contributed by atoms with Gasteiger partial charge in [-0.2, -0.15) is 0 Å². The van der Waals surface area contributed by atoms with E-state index >= 15 is 0 Å². The van der Waals surface area contributed by atoms with Gasteiger partial charge in [-0.05, 0) is 18.4 Å². The molecule has 0 amide bonds. The molecule has 0 spiro atoms. The highest BCUT2D eigenvalue weighted by Crippen LogP contribution is 2.03. The van der Waals surface area contributed by atoms with Crippen LogP contribution in [0.5, 0.6) is 0 Å². The quantitative estimate of drug-likeness (QED) is 0.693. The topological polar surface area (TPSA) is 34.6 Å². The Kier molecular flexibility index (Phi) is 5.71. The van der Waals surface area contributed by atoms with Gasteiger partial charge in [-0.3, -0.25) is 0 Å². The summed E-state index contributed by atoms with van der Waals surface area (Å²) in [5, 5.41) is 8.65. The number of nitrogens with zero attached hydrogens (tertiary/aromatic N) is 4. The van der Waals surface area contributed by atoms with Crippen LogP contribution in [0.3, 0.4) is 0 Å². The van der Waals surface area contributed by atoms with Gasteiger partial charge in [0, 0.05) is 12.8 Å². The summed E-state index contributed by atoms with van der Waals surface area (Å²) < 4.78 is 4.16. The summed E-state index contributed by atoms with van der Waals surface area (Å²) in [7, 11) is 0. The van der Waals surface area contributed by atoms with Crippen LogP contribution in [-0.4, -0.2) is 15.1 Å². The van der Waals surface area contributed by atoms with Crippen molar-refractivity contribution < 1.29 is 4.68 Å². The molecule has 1 aromatic heterocycles. The average molecular weight is 273 g/mol. The van der Waals surface area contributed by atoms with Gasteiger partial charge < -0.3 is 0 Å². The third-order valence-corrected chi connectivity index (χ3v) is 3.50. The van der Waals surface area contributed by atoms with Crippen molar-refractivity contribution in [1.82, 2.24) is 15.1 Å². The second-order valence-electron chi connectivity index (χ2n) is 5.18. The zero-order chi connectivity index (χ0) is 14.2. The summed E-state index contributed by atoms with van der Waals surface area (Å²) in [4.78, 5) is 0. The summed E-state index contributed by atoms with van der Waals surface area (Å²) in [6.07, 6.45) is 5.54. The monoisotopic (exact) mass is 273 g/mol. The SMILES string of the molecule is CCCC[n+]1nnn(CCc2ccccc2)c1CCC. The summed E-state index contributed by atoms with van der Waals surface area (Å²) in [6, 6.07) is 10.6. The maximum atomic E-state index is 4.33. The van der Waals surface area contributed by atoms with Crippen molar-refractivity contribution in [3.05, 3.63) is 41.7 Å². The molecule has 0 saturated heterocycles. The van der Waals surface area contributed by atoms with Crippen molar-refractivity contribution in [1.29, 1.82) is 0 Å². The predicted molar refractivity (Wildman–Crippen MR) is 79.3 cm³/mol. The Labute approximate surface area is 121 Å². The minimum Gasteiger partial charge on any atom is -0.137 e. The van der Waals surface area contributed by atoms with Crippen LogP contribution in [0.4, 0.5) is 0 Å². The number of aromatic nitrogens is 4. The zero-order valence-electron chi connectivity index (χ0n) is 12.6. The maximum Gasteiger partial charge on any atom is 0.257 e. The number of unbranched alkanes of at least 4 members (excludes halogenated alkanes) is 1. The lowest BCUT2D eigenvalue weighted by molar-refractivity contribution is -0.761. The molecule has 108 valence electrons. The Bertz CT molecular complexity index is 504. The lowest BCUT2D eigenvalue weighted by Crippen LogP contribution is -2.40. The molecule has 0 N–H and O–H groups in total. The Hall–Kier alpha value is -1.71. The van der Waals surface area contributed by atoms with Crippen LogP contribution in [-0.2, 0) is 25.9 Å². The Morgan fingerprint density at radius 3 is 2.55 bits per heavy atom. The molecule has 0 atom stereocenters. The Balaban J connectivity index is 2.04. The number of rotatable bonds is 8. The molecule has 1 heterocycles. The van der Waals surface area contributed by atoms with E-state index in [9.17, 15) is 0 Å². The smallest absolute Gasteiger partial charge is 0.137 e. The van der Waals surface area contributed by atoms with Crippen LogP contribution in [0.2, 0.25) is 0 Å². The molecule has 0 aliphatic heterocycles. The number of benzene rings is 1. The lowest BCUT2D eigenvalue weighted by Gasteiger charge is -2.01. The van der Waals surface area contributed by atoms with E-state index in [0.717, 1.165) is 32.4 Å². The van der Waals surface area contributed by atoms with E-state index in [-0.39, 0.29) is 0 Å². The van der Waals surface area contributed by atoms with Gasteiger partial charge in [0.1, 0.15) is 11.8 Å². The molecule has 20 heavy (non-hydrogen) atoms. The van der Waals surface area contributed by atoms with Crippen LogP contribution in [0.1, 0.15) is 44.5 Å². The fourth-order valence-electron chi connectivity index (χ4n) is 2.35. The van der Waals surface area contributed by atoms with Crippen LogP contribution >= 0.6 is 0 Å². The highest BCUT2D eigenvalue weighted by molar-refractivity contribution is 5.14. The normalized spacial score (nSPS) is 10.9. The molecule has 2 rings (SSSR count). The van der Waals surface area contributed by atoms with Crippen LogP contribution in [0.25, 0.3) is 0 Å².